The van der Waals surface area contributed by atoms with E-state index in [1.807, 2.05) is 36.1 Å². The van der Waals surface area contributed by atoms with Crippen molar-refractivity contribution in [1.82, 2.24) is 15.1 Å². The lowest BCUT2D eigenvalue weighted by atomic mass is 9.80. The van der Waals surface area contributed by atoms with Crippen molar-refractivity contribution < 1.29 is 29.3 Å². The molecule has 2 heterocycles. The quantitative estimate of drug-likeness (QED) is 0.370. The Morgan fingerprint density at radius 1 is 1.07 bits per heavy atom. The van der Waals surface area contributed by atoms with Crippen molar-refractivity contribution in [1.29, 1.82) is 0 Å². The van der Waals surface area contributed by atoms with Crippen LogP contribution in [0.25, 0.3) is 0 Å². The highest BCUT2D eigenvalue weighted by Crippen LogP contribution is 2.35. The van der Waals surface area contributed by atoms with E-state index in [9.17, 15) is 19.5 Å². The monoisotopic (exact) mass is 573 g/mol. The number of piperazine rings is 1. The Labute approximate surface area is 241 Å². The number of hydrogen-bond acceptors (Lipinski definition) is 6. The normalized spacial score (nSPS) is 19.6. The first-order valence-corrected chi connectivity index (χ1v) is 13.8. The van der Waals surface area contributed by atoms with Crippen LogP contribution in [-0.2, 0) is 16.1 Å². The van der Waals surface area contributed by atoms with Crippen LogP contribution in [0.2, 0.25) is 0 Å². The number of nitrogens with one attached hydrogen (secondary N) is 1. The Hall–Kier alpha value is -3.14. The molecule has 1 spiro atoms. The van der Waals surface area contributed by atoms with E-state index in [1.54, 1.807) is 12.1 Å². The Morgan fingerprint density at radius 3 is 2.23 bits per heavy atom. The summed E-state index contributed by atoms with van der Waals surface area (Å²) in [7, 11) is 0. The fourth-order valence-corrected chi connectivity index (χ4v) is 5.45. The Bertz CT molecular complexity index is 1150. The predicted octanol–water partition coefficient (Wildman–Crippen LogP) is 4.08. The van der Waals surface area contributed by atoms with Gasteiger partial charge in [0.1, 0.15) is 23.1 Å². The first-order chi connectivity index (χ1) is 18.8. The first-order valence-electron chi connectivity index (χ1n) is 13.8. The second-order valence-corrected chi connectivity index (χ2v) is 10.8. The number of hydrogen-bond donors (Lipinski definition) is 3. The molecule has 2 fully saturated rings. The number of rotatable bonds is 11. The SMILES string of the molecule is CCCCN1C(=O)[C@@H](CC(C)CO)NC(=O)C12CCN(Cc1ccc(Oc3ccc(C(=O)O)cc3)cc1)CC2.Cl. The van der Waals surface area contributed by atoms with Gasteiger partial charge in [-0.3, -0.25) is 14.5 Å². The topological polar surface area (TPSA) is 119 Å². The van der Waals surface area contributed by atoms with Crippen molar-refractivity contribution in [3.05, 3.63) is 59.7 Å². The summed E-state index contributed by atoms with van der Waals surface area (Å²) >= 11 is 0. The summed E-state index contributed by atoms with van der Waals surface area (Å²) in [6, 6.07) is 13.5. The molecular formula is C30H40ClN3O6. The van der Waals surface area contributed by atoms with Crippen molar-refractivity contribution >= 4 is 30.2 Å². The summed E-state index contributed by atoms with van der Waals surface area (Å²) in [6.07, 6.45) is 3.41. The van der Waals surface area contributed by atoms with Gasteiger partial charge in [0.2, 0.25) is 11.8 Å². The number of aromatic carboxylic acids is 1. The minimum atomic E-state index is -0.976. The average molecular weight is 574 g/mol. The van der Waals surface area contributed by atoms with E-state index in [0.29, 0.717) is 50.4 Å². The molecule has 1 unspecified atom stereocenters. The molecular weight excluding hydrogens is 534 g/mol. The van der Waals surface area contributed by atoms with Gasteiger partial charge in [-0.15, -0.1) is 12.4 Å². The second-order valence-electron chi connectivity index (χ2n) is 10.8. The molecule has 0 saturated carbocycles. The summed E-state index contributed by atoms with van der Waals surface area (Å²) in [5, 5.41) is 21.5. The van der Waals surface area contributed by atoms with Crippen molar-refractivity contribution in [2.45, 2.75) is 64.1 Å². The van der Waals surface area contributed by atoms with E-state index in [1.165, 1.54) is 12.1 Å². The first kappa shape index (κ1) is 31.4. The number of nitrogens with zero attached hydrogens (tertiary/aromatic N) is 2. The zero-order chi connectivity index (χ0) is 28.0. The fourth-order valence-electron chi connectivity index (χ4n) is 5.45. The second kappa shape index (κ2) is 14.0. The van der Waals surface area contributed by atoms with Crippen LogP contribution >= 0.6 is 12.4 Å². The number of carboxylic acids is 1. The number of unbranched alkanes of at least 4 members (excludes halogenated alkanes) is 1. The molecule has 9 nitrogen and oxygen atoms in total. The molecule has 4 rings (SSSR count). The lowest BCUT2D eigenvalue weighted by Crippen LogP contribution is -2.73. The van der Waals surface area contributed by atoms with E-state index in [0.717, 1.165) is 24.9 Å². The zero-order valence-electron chi connectivity index (χ0n) is 23.2. The number of ether oxygens (including phenoxy) is 1. The lowest BCUT2D eigenvalue weighted by Gasteiger charge is -2.52. The highest BCUT2D eigenvalue weighted by molar-refractivity contribution is 6.00. The van der Waals surface area contributed by atoms with E-state index >= 15 is 0 Å². The van der Waals surface area contributed by atoms with Crippen LogP contribution in [0, 0.1) is 5.92 Å². The van der Waals surface area contributed by atoms with Crippen molar-refractivity contribution in [3.63, 3.8) is 0 Å². The van der Waals surface area contributed by atoms with Gasteiger partial charge in [-0.25, -0.2) is 4.79 Å². The maximum atomic E-state index is 13.5. The van der Waals surface area contributed by atoms with Crippen LogP contribution in [0.4, 0.5) is 0 Å². The van der Waals surface area contributed by atoms with Gasteiger partial charge < -0.3 is 25.2 Å². The number of carbonyl (C=O) groups excluding carboxylic acids is 2. The van der Waals surface area contributed by atoms with Gasteiger partial charge in [0.05, 0.1) is 5.56 Å². The molecule has 0 bridgehead atoms. The average Bonchev–Trinajstić information content (AvgIpc) is 2.94. The molecule has 2 aromatic rings. The van der Waals surface area contributed by atoms with Gasteiger partial charge in [0.25, 0.3) is 0 Å². The van der Waals surface area contributed by atoms with Gasteiger partial charge >= 0.3 is 5.97 Å². The Kier molecular flexibility index (Phi) is 11.0. The van der Waals surface area contributed by atoms with Gasteiger partial charge in [-0.2, -0.15) is 0 Å². The summed E-state index contributed by atoms with van der Waals surface area (Å²) in [5.41, 5.74) is 0.514. The van der Waals surface area contributed by atoms with Crippen LogP contribution in [-0.4, -0.2) is 75.6 Å². The van der Waals surface area contributed by atoms with Gasteiger partial charge in [0, 0.05) is 32.8 Å². The highest BCUT2D eigenvalue weighted by atomic mass is 35.5. The zero-order valence-corrected chi connectivity index (χ0v) is 24.0. The molecule has 0 aliphatic carbocycles. The van der Waals surface area contributed by atoms with Crippen LogP contribution in [0.5, 0.6) is 11.5 Å². The van der Waals surface area contributed by atoms with Crippen molar-refractivity contribution in [3.8, 4) is 11.5 Å². The number of aliphatic hydroxyl groups excluding tert-OH is 1. The number of halogens is 1. The largest absolute Gasteiger partial charge is 0.478 e. The minimum absolute atomic E-state index is 0. The highest BCUT2D eigenvalue weighted by Gasteiger charge is 2.53. The Morgan fingerprint density at radius 2 is 1.68 bits per heavy atom. The standard InChI is InChI=1S/C30H39N3O6.ClH/c1-3-4-15-33-27(35)26(18-21(2)20-34)31-29(38)30(33)13-16-32(17-14-30)19-22-5-9-24(10-6-22)39-25-11-7-23(8-12-25)28(36)37;/h5-12,21,26,34H,3-4,13-20H2,1-2H3,(H,31,38)(H,36,37);1H/t21?,26-;/m1./s1. The maximum absolute atomic E-state index is 13.5. The molecule has 2 aliphatic heterocycles. The van der Waals surface area contributed by atoms with Gasteiger partial charge in [-0.05, 0) is 73.6 Å². The lowest BCUT2D eigenvalue weighted by molar-refractivity contribution is -0.162. The molecule has 3 N–H and O–H groups in total. The number of carbonyl (C=O) groups is 3. The third-order valence-corrected chi connectivity index (χ3v) is 7.84. The van der Waals surface area contributed by atoms with Crippen molar-refractivity contribution in [2.24, 2.45) is 5.92 Å². The Balaban J connectivity index is 0.00000441. The molecule has 2 aromatic carbocycles. The minimum Gasteiger partial charge on any atom is -0.478 e. The van der Waals surface area contributed by atoms with E-state index < -0.39 is 17.6 Å². The molecule has 2 saturated heterocycles. The van der Waals surface area contributed by atoms with Crippen LogP contribution in [0.1, 0.15) is 61.9 Å². The summed E-state index contributed by atoms with van der Waals surface area (Å²) < 4.78 is 5.84. The van der Waals surface area contributed by atoms with E-state index in [-0.39, 0.29) is 42.3 Å². The smallest absolute Gasteiger partial charge is 0.335 e. The predicted molar refractivity (Wildman–Crippen MR) is 154 cm³/mol. The molecule has 0 radical (unpaired) electrons. The van der Waals surface area contributed by atoms with E-state index in [2.05, 4.69) is 17.1 Å². The van der Waals surface area contributed by atoms with Gasteiger partial charge in [0.15, 0.2) is 0 Å². The van der Waals surface area contributed by atoms with E-state index in [4.69, 9.17) is 9.84 Å². The third kappa shape index (κ3) is 7.13. The summed E-state index contributed by atoms with van der Waals surface area (Å²) in [6.45, 7) is 6.67. The molecule has 0 aromatic heterocycles. The van der Waals surface area contributed by atoms with Gasteiger partial charge in [-0.1, -0.05) is 32.4 Å². The maximum Gasteiger partial charge on any atom is 0.335 e. The fraction of sp³-hybridized carbons (Fsp3) is 0.500. The number of benzene rings is 2. The molecule has 2 aliphatic rings. The molecule has 10 heteroatoms. The molecule has 218 valence electrons. The number of piperidine rings is 1. The van der Waals surface area contributed by atoms with Crippen molar-refractivity contribution in [2.75, 3.05) is 26.2 Å². The summed E-state index contributed by atoms with van der Waals surface area (Å²) in [5.74, 6) is 0.104. The molecule has 40 heavy (non-hydrogen) atoms. The molecule has 2 atom stereocenters. The van der Waals surface area contributed by atoms with Crippen LogP contribution < -0.4 is 10.1 Å². The third-order valence-electron chi connectivity index (χ3n) is 7.84. The number of amides is 2. The number of aliphatic hydroxyl groups is 1. The number of carboxylic acid groups (broad SMARTS) is 1. The van der Waals surface area contributed by atoms with Crippen LogP contribution in [0.15, 0.2) is 48.5 Å². The van der Waals surface area contributed by atoms with Crippen LogP contribution in [0.3, 0.4) is 0 Å². The summed E-state index contributed by atoms with van der Waals surface area (Å²) in [4.78, 5) is 42.1. The molecule has 2 amide bonds. The number of likely N-dealkylation sites (tertiary alicyclic amines) is 1.